The van der Waals surface area contributed by atoms with Crippen LogP contribution in [-0.2, 0) is 0 Å². The Kier molecular flexibility index (Phi) is 3.60. The van der Waals surface area contributed by atoms with E-state index in [0.717, 1.165) is 18.2 Å². The molecule has 0 unspecified atom stereocenters. The van der Waals surface area contributed by atoms with Crippen LogP contribution >= 0.6 is 0 Å². The summed E-state index contributed by atoms with van der Waals surface area (Å²) in [6, 6.07) is 5.69. The van der Waals surface area contributed by atoms with E-state index in [1.165, 1.54) is 18.3 Å². The molecule has 1 heterocycles. The monoisotopic (exact) mass is 276 g/mol. The highest BCUT2D eigenvalue weighted by Gasteiger charge is 2.14. The predicted molar refractivity (Wildman–Crippen MR) is 68.4 cm³/mol. The molecule has 2 rings (SSSR count). The summed E-state index contributed by atoms with van der Waals surface area (Å²) in [6.45, 7) is 0. The maximum Gasteiger partial charge on any atom is 0.335 e. The number of pyridine rings is 1. The van der Waals surface area contributed by atoms with Crippen LogP contribution in [0.5, 0.6) is 0 Å². The third kappa shape index (κ3) is 2.72. The molecular formula is C13H9FN2O4. The lowest BCUT2D eigenvalue weighted by Crippen LogP contribution is -2.23. The molecule has 0 atom stereocenters. The summed E-state index contributed by atoms with van der Waals surface area (Å²) < 4.78 is 13.5. The summed E-state index contributed by atoms with van der Waals surface area (Å²) in [5.41, 5.74) is -1.31. The molecule has 0 aliphatic carbocycles. The normalized spacial score (nSPS) is 10.1. The molecule has 0 spiro atoms. The molecule has 0 saturated heterocycles. The molecule has 0 saturated carbocycles. The van der Waals surface area contributed by atoms with Crippen LogP contribution in [0.2, 0.25) is 0 Å². The molecule has 3 N–H and O–H groups in total. The highest BCUT2D eigenvalue weighted by atomic mass is 19.1. The van der Waals surface area contributed by atoms with E-state index < -0.39 is 23.3 Å². The highest BCUT2D eigenvalue weighted by molar-refractivity contribution is 6.04. The largest absolute Gasteiger partial charge is 0.478 e. The number of rotatable bonds is 3. The first-order chi connectivity index (χ1) is 9.49. The van der Waals surface area contributed by atoms with E-state index in [0.29, 0.717) is 0 Å². The number of H-pyrrole nitrogens is 1. The van der Waals surface area contributed by atoms with Crippen molar-refractivity contribution in [2.24, 2.45) is 0 Å². The van der Waals surface area contributed by atoms with Crippen molar-refractivity contribution in [3.05, 3.63) is 63.8 Å². The summed E-state index contributed by atoms with van der Waals surface area (Å²) in [7, 11) is 0. The summed E-state index contributed by atoms with van der Waals surface area (Å²) in [4.78, 5) is 36.3. The van der Waals surface area contributed by atoms with E-state index in [2.05, 4.69) is 10.3 Å². The summed E-state index contributed by atoms with van der Waals surface area (Å²) in [6.07, 6.45) is 1.35. The van der Waals surface area contributed by atoms with Gasteiger partial charge in [-0.15, -0.1) is 0 Å². The summed E-state index contributed by atoms with van der Waals surface area (Å²) >= 11 is 0. The van der Waals surface area contributed by atoms with Crippen LogP contribution in [0.3, 0.4) is 0 Å². The Balaban J connectivity index is 2.33. The van der Waals surface area contributed by atoms with E-state index in [1.54, 1.807) is 0 Å². The Morgan fingerprint density at radius 3 is 2.65 bits per heavy atom. The number of hydrogen-bond donors (Lipinski definition) is 3. The van der Waals surface area contributed by atoms with Gasteiger partial charge in [-0.1, -0.05) is 0 Å². The van der Waals surface area contributed by atoms with Gasteiger partial charge >= 0.3 is 5.97 Å². The van der Waals surface area contributed by atoms with Gasteiger partial charge in [-0.2, -0.15) is 0 Å². The number of amides is 1. The fraction of sp³-hybridized carbons (Fsp3) is 0. The number of aromatic nitrogens is 1. The van der Waals surface area contributed by atoms with Crippen LogP contribution in [0.4, 0.5) is 10.1 Å². The zero-order valence-electron chi connectivity index (χ0n) is 10.0. The minimum absolute atomic E-state index is 0.177. The fourth-order valence-corrected chi connectivity index (χ4v) is 1.54. The molecule has 0 bridgehead atoms. The van der Waals surface area contributed by atoms with Crippen molar-refractivity contribution in [3.8, 4) is 0 Å². The van der Waals surface area contributed by atoms with Gasteiger partial charge in [0.2, 0.25) is 0 Å². The number of carboxylic acid groups (broad SMARTS) is 1. The van der Waals surface area contributed by atoms with E-state index in [9.17, 15) is 18.8 Å². The Hall–Kier alpha value is -2.96. The van der Waals surface area contributed by atoms with Crippen LogP contribution in [0, 0.1) is 5.82 Å². The second-order valence-electron chi connectivity index (χ2n) is 3.87. The molecule has 1 aromatic heterocycles. The second kappa shape index (κ2) is 5.35. The van der Waals surface area contributed by atoms with Crippen molar-refractivity contribution >= 4 is 17.6 Å². The van der Waals surface area contributed by atoms with E-state index in [4.69, 9.17) is 5.11 Å². The van der Waals surface area contributed by atoms with Gasteiger partial charge < -0.3 is 15.4 Å². The Labute approximate surface area is 111 Å². The lowest BCUT2D eigenvalue weighted by molar-refractivity contribution is 0.0696. The van der Waals surface area contributed by atoms with Gasteiger partial charge in [-0.05, 0) is 30.3 Å². The number of halogens is 1. The van der Waals surface area contributed by atoms with Crippen LogP contribution in [0.1, 0.15) is 20.7 Å². The molecule has 1 amide bonds. The quantitative estimate of drug-likeness (QED) is 0.790. The van der Waals surface area contributed by atoms with Crippen LogP contribution < -0.4 is 10.9 Å². The van der Waals surface area contributed by atoms with Gasteiger partial charge in [0, 0.05) is 6.20 Å². The third-order valence-electron chi connectivity index (χ3n) is 2.52. The van der Waals surface area contributed by atoms with E-state index in [1.807, 2.05) is 0 Å². The predicted octanol–water partition coefficient (Wildman–Crippen LogP) is 1.46. The van der Waals surface area contributed by atoms with Crippen molar-refractivity contribution in [1.29, 1.82) is 0 Å². The van der Waals surface area contributed by atoms with Gasteiger partial charge in [0.1, 0.15) is 11.4 Å². The van der Waals surface area contributed by atoms with Crippen LogP contribution in [0.15, 0.2) is 41.3 Å². The fourth-order valence-electron chi connectivity index (χ4n) is 1.54. The van der Waals surface area contributed by atoms with Crippen molar-refractivity contribution in [2.45, 2.75) is 0 Å². The molecule has 0 radical (unpaired) electrons. The molecule has 0 aliphatic rings. The minimum Gasteiger partial charge on any atom is -0.478 e. The number of anilines is 1. The first kappa shape index (κ1) is 13.5. The molecule has 1 aromatic carbocycles. The first-order valence-corrected chi connectivity index (χ1v) is 5.51. The van der Waals surface area contributed by atoms with Gasteiger partial charge in [0.25, 0.3) is 11.5 Å². The number of aromatic carboxylic acids is 1. The molecular weight excluding hydrogens is 267 g/mol. The first-order valence-electron chi connectivity index (χ1n) is 5.51. The smallest absolute Gasteiger partial charge is 0.335 e. The maximum atomic E-state index is 13.5. The van der Waals surface area contributed by atoms with Crippen molar-refractivity contribution < 1.29 is 19.1 Å². The number of carbonyl (C=O) groups excluding carboxylic acids is 1. The number of hydrogen-bond acceptors (Lipinski definition) is 3. The number of benzene rings is 1. The van der Waals surface area contributed by atoms with Crippen LogP contribution in [0.25, 0.3) is 0 Å². The van der Waals surface area contributed by atoms with E-state index in [-0.39, 0.29) is 16.8 Å². The zero-order chi connectivity index (χ0) is 14.7. The summed E-state index contributed by atoms with van der Waals surface area (Å²) in [5, 5.41) is 11.0. The third-order valence-corrected chi connectivity index (χ3v) is 2.52. The van der Waals surface area contributed by atoms with Gasteiger partial charge in [0.05, 0.1) is 11.3 Å². The molecule has 20 heavy (non-hydrogen) atoms. The van der Waals surface area contributed by atoms with Gasteiger partial charge in [-0.25, -0.2) is 9.18 Å². The van der Waals surface area contributed by atoms with Crippen LogP contribution in [-0.4, -0.2) is 22.0 Å². The summed E-state index contributed by atoms with van der Waals surface area (Å²) in [5.74, 6) is -2.87. The van der Waals surface area contributed by atoms with Gasteiger partial charge in [0.15, 0.2) is 0 Å². The number of aromatic amines is 1. The maximum absolute atomic E-state index is 13.5. The lowest BCUT2D eigenvalue weighted by Gasteiger charge is -2.06. The Morgan fingerprint density at radius 2 is 2.00 bits per heavy atom. The van der Waals surface area contributed by atoms with E-state index >= 15 is 0 Å². The molecule has 0 fully saturated rings. The van der Waals surface area contributed by atoms with Crippen molar-refractivity contribution in [3.63, 3.8) is 0 Å². The standard InChI is InChI=1S/C13H9FN2O4/c14-9-4-3-7(13(19)20)6-10(9)16-12(18)8-2-1-5-15-11(8)17/h1-6H,(H,15,17)(H,16,18)(H,19,20). The molecule has 102 valence electrons. The van der Waals surface area contributed by atoms with Crippen molar-refractivity contribution in [1.82, 2.24) is 4.98 Å². The average molecular weight is 276 g/mol. The molecule has 7 heteroatoms. The SMILES string of the molecule is O=C(O)c1ccc(F)c(NC(=O)c2ccc[nH]c2=O)c1. The average Bonchev–Trinajstić information content (AvgIpc) is 2.41. The second-order valence-corrected chi connectivity index (χ2v) is 3.87. The number of nitrogens with one attached hydrogen (secondary N) is 2. The van der Waals surface area contributed by atoms with Gasteiger partial charge in [-0.3, -0.25) is 9.59 Å². The van der Waals surface area contributed by atoms with Crippen molar-refractivity contribution in [2.75, 3.05) is 5.32 Å². The Morgan fingerprint density at radius 1 is 1.25 bits per heavy atom. The molecule has 0 aliphatic heterocycles. The molecule has 6 nitrogen and oxygen atoms in total. The lowest BCUT2D eigenvalue weighted by atomic mass is 10.2. The topological polar surface area (TPSA) is 99.3 Å². The molecule has 2 aromatic rings. The number of carboxylic acids is 1. The Bertz CT molecular complexity index is 739. The highest BCUT2D eigenvalue weighted by Crippen LogP contribution is 2.16. The zero-order valence-corrected chi connectivity index (χ0v) is 10.0. The number of carbonyl (C=O) groups is 2. The minimum atomic E-state index is -1.25.